The first-order valence-electron chi connectivity index (χ1n) is 12.0. The number of anilines is 1. The van der Waals surface area contributed by atoms with E-state index in [-0.39, 0.29) is 42.0 Å². The van der Waals surface area contributed by atoms with Crippen molar-refractivity contribution in [2.24, 2.45) is 0 Å². The van der Waals surface area contributed by atoms with E-state index in [1.165, 1.54) is 24.1 Å². The van der Waals surface area contributed by atoms with Crippen LogP contribution in [0.2, 0.25) is 5.02 Å². The summed E-state index contributed by atoms with van der Waals surface area (Å²) >= 11 is 6.00. The fourth-order valence-corrected chi connectivity index (χ4v) is 4.70. The second-order valence-corrected chi connectivity index (χ2v) is 11.1. The number of nitro benzene ring substituents is 1. The highest BCUT2D eigenvalue weighted by atomic mass is 35.5. The molecule has 0 aliphatic heterocycles. The van der Waals surface area contributed by atoms with Crippen LogP contribution in [0.4, 0.5) is 11.4 Å². The molecular weight excluding hydrogens is 536 g/mol. The van der Waals surface area contributed by atoms with Gasteiger partial charge in [-0.25, -0.2) is 8.42 Å². The number of carbonyl (C=O) groups is 2. The predicted molar refractivity (Wildman–Crippen MR) is 146 cm³/mol. The van der Waals surface area contributed by atoms with Crippen molar-refractivity contribution in [3.63, 3.8) is 0 Å². The lowest BCUT2D eigenvalue weighted by Gasteiger charge is -2.33. The third kappa shape index (κ3) is 8.06. The van der Waals surface area contributed by atoms with Gasteiger partial charge < -0.3 is 15.0 Å². The Morgan fingerprint density at radius 2 is 1.76 bits per heavy atom. The van der Waals surface area contributed by atoms with E-state index in [0.29, 0.717) is 17.0 Å². The van der Waals surface area contributed by atoms with Crippen LogP contribution >= 0.6 is 11.6 Å². The summed E-state index contributed by atoms with van der Waals surface area (Å²) in [6.45, 7) is 4.80. The summed E-state index contributed by atoms with van der Waals surface area (Å²) in [5.41, 5.74) is 0.136. The highest BCUT2D eigenvalue weighted by Gasteiger charge is 2.33. The molecule has 0 unspecified atom stereocenters. The molecule has 2 aromatic carbocycles. The van der Waals surface area contributed by atoms with Crippen LogP contribution in [0.1, 0.15) is 39.2 Å². The van der Waals surface area contributed by atoms with Crippen LogP contribution in [-0.4, -0.2) is 62.0 Å². The van der Waals surface area contributed by atoms with Gasteiger partial charge in [-0.1, -0.05) is 37.6 Å². The third-order valence-corrected chi connectivity index (χ3v) is 7.35. The lowest BCUT2D eigenvalue weighted by molar-refractivity contribution is -0.384. The molecule has 2 aromatic rings. The maximum atomic E-state index is 13.8. The van der Waals surface area contributed by atoms with Gasteiger partial charge in [-0.05, 0) is 43.5 Å². The largest absolute Gasteiger partial charge is 0.495 e. The Morgan fingerprint density at radius 1 is 1.13 bits per heavy atom. The van der Waals surface area contributed by atoms with Crippen molar-refractivity contribution in [3.8, 4) is 5.75 Å². The molecule has 0 spiro atoms. The minimum Gasteiger partial charge on any atom is -0.495 e. The average Bonchev–Trinajstić information content (AvgIpc) is 2.86. The summed E-state index contributed by atoms with van der Waals surface area (Å²) in [6, 6.07) is 9.14. The summed E-state index contributed by atoms with van der Waals surface area (Å²) in [7, 11) is -2.83. The van der Waals surface area contributed by atoms with Gasteiger partial charge in [-0.15, -0.1) is 0 Å². The fourth-order valence-electron chi connectivity index (χ4n) is 3.73. The number of sulfonamides is 1. The van der Waals surface area contributed by atoms with Crippen molar-refractivity contribution in [2.75, 3.05) is 24.2 Å². The van der Waals surface area contributed by atoms with Gasteiger partial charge in [-0.2, -0.15) is 0 Å². The number of ether oxygens (including phenoxy) is 1. The van der Waals surface area contributed by atoms with Crippen LogP contribution in [-0.2, 0) is 26.2 Å². The topological polar surface area (TPSA) is 139 Å². The summed E-state index contributed by atoms with van der Waals surface area (Å²) in [6.07, 6.45) is 1.83. The first kappa shape index (κ1) is 30.8. The Balaban J connectivity index is 2.55. The van der Waals surface area contributed by atoms with Crippen LogP contribution in [0, 0.1) is 10.1 Å². The molecule has 0 aromatic heterocycles. The van der Waals surface area contributed by atoms with E-state index in [9.17, 15) is 28.1 Å². The summed E-state index contributed by atoms with van der Waals surface area (Å²) in [4.78, 5) is 38.9. The van der Waals surface area contributed by atoms with E-state index in [4.69, 9.17) is 16.3 Å². The highest BCUT2D eigenvalue weighted by Crippen LogP contribution is 2.34. The molecule has 2 rings (SSSR count). The van der Waals surface area contributed by atoms with Crippen molar-refractivity contribution in [2.45, 2.75) is 52.2 Å². The van der Waals surface area contributed by atoms with E-state index < -0.39 is 33.4 Å². The van der Waals surface area contributed by atoms with Gasteiger partial charge >= 0.3 is 0 Å². The van der Waals surface area contributed by atoms with Crippen LogP contribution in [0.5, 0.6) is 5.75 Å². The standard InChI is InChI=1S/C25H33ClN4O7S/c1-6-17(3)27-25(32)21(7-2)28(15-18-8-10-19(26)11-9-18)24(31)16-29(38(5,35)36)22-14-20(30(33)34)12-13-23(22)37-4/h8-14,17,21H,6-7,15-16H2,1-5H3,(H,27,32)/t17-,21-/m1/s1. The summed E-state index contributed by atoms with van der Waals surface area (Å²) < 4.78 is 31.6. The van der Waals surface area contributed by atoms with Gasteiger partial charge in [0.15, 0.2) is 0 Å². The molecule has 0 aliphatic carbocycles. The number of halogens is 1. The van der Waals surface area contributed by atoms with Gasteiger partial charge in [-0.3, -0.25) is 24.0 Å². The highest BCUT2D eigenvalue weighted by molar-refractivity contribution is 7.92. The van der Waals surface area contributed by atoms with Crippen molar-refractivity contribution in [1.82, 2.24) is 10.2 Å². The smallest absolute Gasteiger partial charge is 0.271 e. The summed E-state index contributed by atoms with van der Waals surface area (Å²) in [5.74, 6) is -1.02. The number of nitro groups is 1. The minimum absolute atomic E-state index is 0.00606. The lowest BCUT2D eigenvalue weighted by atomic mass is 10.1. The molecule has 1 N–H and O–H groups in total. The molecular formula is C25H33ClN4O7S. The number of nitrogens with one attached hydrogen (secondary N) is 1. The SMILES string of the molecule is CC[C@@H](C)NC(=O)[C@@H](CC)N(Cc1ccc(Cl)cc1)C(=O)CN(c1cc([N+](=O)[O-])ccc1OC)S(C)(=O)=O. The number of rotatable bonds is 13. The monoisotopic (exact) mass is 568 g/mol. The minimum atomic E-state index is -4.11. The Labute approximate surface area is 227 Å². The van der Waals surface area contributed by atoms with E-state index in [1.54, 1.807) is 31.2 Å². The average molecular weight is 569 g/mol. The Hall–Kier alpha value is -3.38. The number of carbonyl (C=O) groups excluding carboxylic acids is 2. The number of nitrogens with zero attached hydrogens (tertiary/aromatic N) is 3. The first-order chi connectivity index (χ1) is 17.8. The molecule has 208 valence electrons. The first-order valence-corrected chi connectivity index (χ1v) is 14.2. The van der Waals surface area contributed by atoms with Gasteiger partial charge in [0.05, 0.1) is 18.3 Å². The number of hydrogen-bond acceptors (Lipinski definition) is 7. The van der Waals surface area contributed by atoms with Crippen LogP contribution < -0.4 is 14.4 Å². The van der Waals surface area contributed by atoms with Gasteiger partial charge in [0.2, 0.25) is 21.8 Å². The van der Waals surface area contributed by atoms with Crippen LogP contribution in [0.3, 0.4) is 0 Å². The molecule has 11 nitrogen and oxygen atoms in total. The number of amides is 2. The molecule has 0 saturated carbocycles. The maximum absolute atomic E-state index is 13.8. The molecule has 0 heterocycles. The van der Waals surface area contributed by atoms with E-state index >= 15 is 0 Å². The number of hydrogen-bond donors (Lipinski definition) is 1. The molecule has 0 radical (unpaired) electrons. The zero-order valence-corrected chi connectivity index (χ0v) is 23.6. The van der Waals surface area contributed by atoms with Crippen LogP contribution in [0.25, 0.3) is 0 Å². The quantitative estimate of drug-likeness (QED) is 0.287. The molecule has 0 saturated heterocycles. The number of non-ortho nitro benzene ring substituents is 1. The number of methoxy groups -OCH3 is 1. The van der Waals surface area contributed by atoms with Crippen molar-refractivity contribution < 1.29 is 27.7 Å². The van der Waals surface area contributed by atoms with Crippen LogP contribution in [0.15, 0.2) is 42.5 Å². The van der Waals surface area contributed by atoms with Crippen molar-refractivity contribution in [3.05, 3.63) is 63.2 Å². The zero-order valence-electron chi connectivity index (χ0n) is 22.0. The zero-order chi connectivity index (χ0) is 28.6. The molecule has 38 heavy (non-hydrogen) atoms. The van der Waals surface area contributed by atoms with E-state index in [2.05, 4.69) is 5.32 Å². The molecule has 0 fully saturated rings. The van der Waals surface area contributed by atoms with E-state index in [0.717, 1.165) is 16.6 Å². The second kappa shape index (κ2) is 13.4. The second-order valence-electron chi connectivity index (χ2n) is 8.77. The lowest BCUT2D eigenvalue weighted by Crippen LogP contribution is -2.53. The van der Waals surface area contributed by atoms with E-state index in [1.807, 2.05) is 13.8 Å². The third-order valence-electron chi connectivity index (χ3n) is 5.97. The molecule has 13 heteroatoms. The fraction of sp³-hybridized carbons (Fsp3) is 0.440. The number of benzene rings is 2. The normalized spacial score (nSPS) is 12.8. The maximum Gasteiger partial charge on any atom is 0.271 e. The van der Waals surface area contributed by atoms with Gasteiger partial charge in [0.25, 0.3) is 5.69 Å². The van der Waals surface area contributed by atoms with Gasteiger partial charge in [0, 0.05) is 29.7 Å². The van der Waals surface area contributed by atoms with Crippen molar-refractivity contribution >= 4 is 44.8 Å². The van der Waals surface area contributed by atoms with Crippen molar-refractivity contribution in [1.29, 1.82) is 0 Å². The Kier molecular flexibility index (Phi) is 10.9. The molecule has 0 bridgehead atoms. The molecule has 0 aliphatic rings. The molecule has 2 amide bonds. The molecule has 2 atom stereocenters. The predicted octanol–water partition coefficient (Wildman–Crippen LogP) is 3.74. The Morgan fingerprint density at radius 3 is 2.26 bits per heavy atom. The Bertz CT molecular complexity index is 1250. The summed E-state index contributed by atoms with van der Waals surface area (Å²) in [5, 5.41) is 14.7. The van der Waals surface area contributed by atoms with Gasteiger partial charge in [0.1, 0.15) is 24.0 Å².